The highest BCUT2D eigenvalue weighted by Crippen LogP contribution is 2.39. The fourth-order valence-electron chi connectivity index (χ4n) is 3.25. The monoisotopic (exact) mass is 324 g/mol. The number of carbonyl (C=O) groups excluding carboxylic acids is 2. The molecule has 0 aromatic heterocycles. The quantitative estimate of drug-likeness (QED) is 0.905. The highest BCUT2D eigenvalue weighted by atomic mass is 16.3. The van der Waals surface area contributed by atoms with Crippen LogP contribution in [0.1, 0.15) is 37.4 Å². The van der Waals surface area contributed by atoms with Crippen LogP contribution in [0.2, 0.25) is 0 Å². The van der Waals surface area contributed by atoms with Crippen LogP contribution >= 0.6 is 0 Å². The van der Waals surface area contributed by atoms with Gasteiger partial charge in [0.15, 0.2) is 5.72 Å². The van der Waals surface area contributed by atoms with Gasteiger partial charge in [0.25, 0.3) is 11.8 Å². The smallest absolute Gasteiger partial charge is 0.256 e. The Bertz CT molecular complexity index is 831. The van der Waals surface area contributed by atoms with Crippen molar-refractivity contribution in [3.05, 3.63) is 70.3 Å². The van der Waals surface area contributed by atoms with Gasteiger partial charge in [-0.25, -0.2) is 0 Å². The van der Waals surface area contributed by atoms with Gasteiger partial charge >= 0.3 is 0 Å². The van der Waals surface area contributed by atoms with Crippen LogP contribution in [0.25, 0.3) is 0 Å². The third kappa shape index (κ3) is 2.37. The Hall–Kier alpha value is -2.66. The Morgan fingerprint density at radius 2 is 1.96 bits per heavy atom. The van der Waals surface area contributed by atoms with Crippen molar-refractivity contribution in [2.45, 2.75) is 19.1 Å². The second kappa shape index (κ2) is 5.76. The molecule has 1 atom stereocenters. The highest BCUT2D eigenvalue weighted by Gasteiger charge is 2.46. The van der Waals surface area contributed by atoms with Crippen LogP contribution in [0.15, 0.2) is 42.5 Å². The molecule has 2 N–H and O–H groups in total. The fraction of sp³-hybridized carbons (Fsp3) is 0.263. The molecule has 0 radical (unpaired) electrons. The number of benzene rings is 2. The largest absolute Gasteiger partial charge is 0.366 e. The second-order valence-corrected chi connectivity index (χ2v) is 6.14. The number of fused-ring (bicyclic) bond motifs is 1. The van der Waals surface area contributed by atoms with Crippen molar-refractivity contribution in [1.29, 1.82) is 0 Å². The predicted octanol–water partition coefficient (Wildman–Crippen LogP) is 1.83. The van der Waals surface area contributed by atoms with Crippen molar-refractivity contribution < 1.29 is 14.7 Å². The third-order valence-electron chi connectivity index (χ3n) is 4.62. The topological polar surface area (TPSA) is 69.6 Å². The van der Waals surface area contributed by atoms with Gasteiger partial charge in [0.1, 0.15) is 0 Å². The lowest BCUT2D eigenvalue weighted by molar-refractivity contribution is -0.0716. The van der Waals surface area contributed by atoms with Gasteiger partial charge < -0.3 is 15.3 Å². The van der Waals surface area contributed by atoms with Crippen molar-refractivity contribution in [2.75, 3.05) is 14.1 Å². The van der Waals surface area contributed by atoms with Crippen LogP contribution in [0, 0.1) is 6.92 Å². The maximum Gasteiger partial charge on any atom is 0.256 e. The zero-order chi connectivity index (χ0) is 17.5. The summed E-state index contributed by atoms with van der Waals surface area (Å²) in [5.41, 5.74) is 1.79. The lowest BCUT2D eigenvalue weighted by Gasteiger charge is -2.32. The first-order valence-electron chi connectivity index (χ1n) is 7.80. The van der Waals surface area contributed by atoms with Crippen molar-refractivity contribution in [3.63, 3.8) is 0 Å². The maximum atomic E-state index is 12.4. The molecule has 5 nitrogen and oxygen atoms in total. The van der Waals surface area contributed by atoms with Gasteiger partial charge in [0, 0.05) is 37.2 Å². The molecule has 1 heterocycles. The van der Waals surface area contributed by atoms with Crippen LogP contribution in [0.3, 0.4) is 0 Å². The van der Waals surface area contributed by atoms with E-state index in [1.165, 1.54) is 4.90 Å². The molecule has 0 saturated heterocycles. The second-order valence-electron chi connectivity index (χ2n) is 6.14. The Balaban J connectivity index is 2.10. The summed E-state index contributed by atoms with van der Waals surface area (Å²) in [6.45, 7) is 1.93. The maximum absolute atomic E-state index is 12.4. The fourth-order valence-corrected chi connectivity index (χ4v) is 3.25. The van der Waals surface area contributed by atoms with Crippen molar-refractivity contribution in [3.8, 4) is 0 Å². The van der Waals surface area contributed by atoms with Gasteiger partial charge in [-0.05, 0) is 24.6 Å². The zero-order valence-corrected chi connectivity index (χ0v) is 14.0. The van der Waals surface area contributed by atoms with Crippen LogP contribution < -0.4 is 5.32 Å². The number of likely N-dealkylation sites (N-methyl/N-ethyl adjacent to an activating group) is 1. The first-order valence-corrected chi connectivity index (χ1v) is 7.80. The van der Waals surface area contributed by atoms with Crippen LogP contribution in [-0.4, -0.2) is 35.9 Å². The molecule has 2 amide bonds. The van der Waals surface area contributed by atoms with E-state index in [1.807, 2.05) is 19.1 Å². The van der Waals surface area contributed by atoms with Gasteiger partial charge in [-0.2, -0.15) is 0 Å². The standard InChI is InChI=1S/C19H20N2O3/c1-12-8-9-14(17(22)20-2)13(10-12)11-19(24)16-7-5-4-6-15(16)18(23)21(19)3/h4-10,24H,11H2,1-3H3,(H,20,22). The molecular formula is C19H20N2O3. The number of aliphatic hydroxyl groups is 1. The summed E-state index contributed by atoms with van der Waals surface area (Å²) in [7, 11) is 3.15. The first kappa shape index (κ1) is 16.2. The van der Waals surface area contributed by atoms with E-state index in [-0.39, 0.29) is 18.2 Å². The van der Waals surface area contributed by atoms with Crippen LogP contribution in [-0.2, 0) is 12.1 Å². The molecule has 0 aliphatic carbocycles. The molecule has 5 heteroatoms. The average Bonchev–Trinajstić information content (AvgIpc) is 2.77. The van der Waals surface area contributed by atoms with Gasteiger partial charge in [-0.15, -0.1) is 0 Å². The van der Waals surface area contributed by atoms with E-state index in [9.17, 15) is 14.7 Å². The number of nitrogens with one attached hydrogen (secondary N) is 1. The Labute approximate surface area is 140 Å². The van der Waals surface area contributed by atoms with Crippen molar-refractivity contribution >= 4 is 11.8 Å². The summed E-state index contributed by atoms with van der Waals surface area (Å²) < 4.78 is 0. The van der Waals surface area contributed by atoms with Gasteiger partial charge in [0.2, 0.25) is 0 Å². The molecule has 2 aromatic rings. The average molecular weight is 324 g/mol. The minimum Gasteiger partial charge on any atom is -0.366 e. The van der Waals surface area contributed by atoms with E-state index in [1.54, 1.807) is 44.4 Å². The van der Waals surface area contributed by atoms with Crippen molar-refractivity contribution in [1.82, 2.24) is 10.2 Å². The summed E-state index contributed by atoms with van der Waals surface area (Å²) in [6.07, 6.45) is 0.149. The normalized spacial score (nSPS) is 19.3. The summed E-state index contributed by atoms with van der Waals surface area (Å²) in [5, 5.41) is 13.9. The number of aryl methyl sites for hydroxylation is 1. The molecule has 1 aliphatic heterocycles. The molecular weight excluding hydrogens is 304 g/mol. The number of hydrogen-bond acceptors (Lipinski definition) is 3. The summed E-state index contributed by atoms with van der Waals surface area (Å²) in [4.78, 5) is 25.9. The van der Waals surface area contributed by atoms with Crippen LogP contribution in [0.4, 0.5) is 0 Å². The minimum atomic E-state index is -1.47. The van der Waals surface area contributed by atoms with Crippen molar-refractivity contribution in [2.24, 2.45) is 0 Å². The molecule has 1 unspecified atom stereocenters. The summed E-state index contributed by atoms with van der Waals surface area (Å²) in [6, 6.07) is 12.5. The molecule has 0 bridgehead atoms. The predicted molar refractivity (Wildman–Crippen MR) is 90.7 cm³/mol. The zero-order valence-electron chi connectivity index (χ0n) is 14.0. The molecule has 1 aliphatic rings. The van der Waals surface area contributed by atoms with E-state index in [0.29, 0.717) is 22.3 Å². The van der Waals surface area contributed by atoms with E-state index in [4.69, 9.17) is 0 Å². The third-order valence-corrected chi connectivity index (χ3v) is 4.62. The number of carbonyl (C=O) groups is 2. The van der Waals surface area contributed by atoms with E-state index in [2.05, 4.69) is 5.32 Å². The molecule has 0 spiro atoms. The molecule has 124 valence electrons. The number of hydrogen-bond donors (Lipinski definition) is 2. The minimum absolute atomic E-state index is 0.149. The summed E-state index contributed by atoms with van der Waals surface area (Å²) in [5.74, 6) is -0.434. The van der Waals surface area contributed by atoms with Gasteiger partial charge in [-0.3, -0.25) is 9.59 Å². The summed E-state index contributed by atoms with van der Waals surface area (Å²) >= 11 is 0. The molecule has 3 rings (SSSR count). The van der Waals surface area contributed by atoms with Gasteiger partial charge in [-0.1, -0.05) is 35.9 Å². The number of nitrogens with zero attached hydrogens (tertiary/aromatic N) is 1. The van der Waals surface area contributed by atoms with E-state index in [0.717, 1.165) is 5.56 Å². The lowest BCUT2D eigenvalue weighted by atomic mass is 9.91. The molecule has 0 fully saturated rings. The van der Waals surface area contributed by atoms with Gasteiger partial charge in [0.05, 0.1) is 0 Å². The molecule has 0 saturated carbocycles. The Morgan fingerprint density at radius 3 is 2.67 bits per heavy atom. The highest BCUT2D eigenvalue weighted by molar-refractivity contribution is 6.00. The SMILES string of the molecule is CNC(=O)c1ccc(C)cc1CC1(O)c2ccccc2C(=O)N1C. The van der Waals surface area contributed by atoms with E-state index < -0.39 is 5.72 Å². The lowest BCUT2D eigenvalue weighted by Crippen LogP contribution is -2.43. The molecule has 2 aromatic carbocycles. The van der Waals surface area contributed by atoms with E-state index >= 15 is 0 Å². The first-order chi connectivity index (χ1) is 11.4. The number of rotatable bonds is 3. The number of amides is 2. The van der Waals surface area contributed by atoms with Crippen LogP contribution in [0.5, 0.6) is 0 Å². The molecule has 24 heavy (non-hydrogen) atoms. The Morgan fingerprint density at radius 1 is 1.25 bits per heavy atom. The Kier molecular flexibility index (Phi) is 3.89.